The van der Waals surface area contributed by atoms with Crippen LogP contribution >= 0.6 is 22.7 Å². The molecule has 0 radical (unpaired) electrons. The van der Waals surface area contributed by atoms with Crippen molar-refractivity contribution in [3.05, 3.63) is 68.9 Å². The van der Waals surface area contributed by atoms with E-state index < -0.39 is 0 Å². The molecule has 4 aromatic rings. The number of hydrogen-bond donors (Lipinski definition) is 1. The number of amides is 1. The zero-order chi connectivity index (χ0) is 24.1. The summed E-state index contributed by atoms with van der Waals surface area (Å²) in [7, 11) is 1.66. The van der Waals surface area contributed by atoms with E-state index in [9.17, 15) is 14.7 Å². The van der Waals surface area contributed by atoms with Crippen LogP contribution in [0.5, 0.6) is 5.75 Å². The number of ether oxygens (including phenoxy) is 1. The number of nitrogens with zero attached hydrogens (tertiary/aromatic N) is 3. The lowest BCUT2D eigenvalue weighted by Gasteiger charge is -2.24. The molecule has 34 heavy (non-hydrogen) atoms. The van der Waals surface area contributed by atoms with E-state index in [1.54, 1.807) is 48.5 Å². The number of aromatic nitrogens is 2. The van der Waals surface area contributed by atoms with Gasteiger partial charge in [0.25, 0.3) is 5.56 Å². The molecular formula is C25H27N3O4S2. The third-order valence-corrected chi connectivity index (χ3v) is 7.40. The number of hydrogen-bond acceptors (Lipinski definition) is 7. The molecule has 0 unspecified atom stereocenters. The Morgan fingerprint density at radius 3 is 2.79 bits per heavy atom. The number of methoxy groups -OCH3 is 1. The van der Waals surface area contributed by atoms with Gasteiger partial charge in [-0.25, -0.2) is 4.98 Å². The van der Waals surface area contributed by atoms with Crippen molar-refractivity contribution in [2.24, 2.45) is 0 Å². The summed E-state index contributed by atoms with van der Waals surface area (Å²) in [5, 5.41) is 14.3. The molecule has 1 aromatic carbocycles. The summed E-state index contributed by atoms with van der Waals surface area (Å²) < 4.78 is 6.60. The summed E-state index contributed by atoms with van der Waals surface area (Å²) in [6.45, 7) is 3.17. The maximum atomic E-state index is 13.5. The lowest BCUT2D eigenvalue weighted by Crippen LogP contribution is -2.37. The number of carbonyl (C=O) groups is 1. The van der Waals surface area contributed by atoms with Gasteiger partial charge in [0.1, 0.15) is 22.9 Å². The average molecular weight is 498 g/mol. The molecule has 0 aliphatic rings. The Morgan fingerprint density at radius 2 is 2.06 bits per heavy atom. The Bertz CT molecular complexity index is 1330. The number of aromatic hydroxyl groups is 1. The number of fused-ring (bicyclic) bond motifs is 1. The Balaban J connectivity index is 1.62. The van der Waals surface area contributed by atoms with Gasteiger partial charge in [-0.3, -0.25) is 14.2 Å². The molecule has 0 fully saturated rings. The Labute approximate surface area is 205 Å². The first-order chi connectivity index (χ1) is 16.5. The van der Waals surface area contributed by atoms with Gasteiger partial charge in [0.05, 0.1) is 5.39 Å². The standard InChI is InChI=1S/C25H27N3O4S2/c1-17-26-24-23(20(16-34-24)21-9-6-12-33-21)25(31)28(17)15-22(30)27(10-3-4-11-32-2)14-18-7-5-8-19(29)13-18/h5-9,12-13,16,29H,3-4,10-11,14-15H2,1-2H3. The van der Waals surface area contributed by atoms with Crippen LogP contribution in [0.15, 0.2) is 52.0 Å². The van der Waals surface area contributed by atoms with E-state index in [0.29, 0.717) is 35.7 Å². The molecule has 3 heterocycles. The summed E-state index contributed by atoms with van der Waals surface area (Å²) in [6.07, 6.45) is 1.60. The van der Waals surface area contributed by atoms with Gasteiger partial charge in [-0.2, -0.15) is 0 Å². The van der Waals surface area contributed by atoms with Crippen LogP contribution in [0.4, 0.5) is 0 Å². The first-order valence-electron chi connectivity index (χ1n) is 11.0. The maximum absolute atomic E-state index is 13.5. The van der Waals surface area contributed by atoms with E-state index in [0.717, 1.165) is 28.8 Å². The smallest absolute Gasteiger partial charge is 0.263 e. The van der Waals surface area contributed by atoms with Gasteiger partial charge in [-0.1, -0.05) is 18.2 Å². The van der Waals surface area contributed by atoms with Gasteiger partial charge in [0.15, 0.2) is 0 Å². The molecule has 0 aliphatic carbocycles. The normalized spacial score (nSPS) is 11.2. The molecule has 0 aliphatic heterocycles. The van der Waals surface area contributed by atoms with Crippen molar-refractivity contribution >= 4 is 38.8 Å². The Kier molecular flexibility index (Phi) is 7.77. The molecule has 0 spiro atoms. The molecule has 0 bridgehead atoms. The van der Waals surface area contributed by atoms with Crippen LogP contribution in [0.25, 0.3) is 20.7 Å². The Hall–Kier alpha value is -3.01. The van der Waals surface area contributed by atoms with Crippen LogP contribution in [-0.4, -0.2) is 45.7 Å². The zero-order valence-corrected chi connectivity index (χ0v) is 20.8. The minimum atomic E-state index is -0.197. The second-order valence-electron chi connectivity index (χ2n) is 8.04. The summed E-state index contributed by atoms with van der Waals surface area (Å²) in [4.78, 5) is 35.0. The number of carbonyl (C=O) groups excluding carboxylic acids is 1. The van der Waals surface area contributed by atoms with Crippen LogP contribution in [0.3, 0.4) is 0 Å². The number of thiophene rings is 2. The summed E-state index contributed by atoms with van der Waals surface area (Å²) in [5.74, 6) is 0.506. The summed E-state index contributed by atoms with van der Waals surface area (Å²) in [6, 6.07) is 10.8. The highest BCUT2D eigenvalue weighted by Gasteiger charge is 2.20. The fraction of sp³-hybridized carbons (Fsp3) is 0.320. The molecule has 3 aromatic heterocycles. The predicted octanol–water partition coefficient (Wildman–Crippen LogP) is 4.66. The highest BCUT2D eigenvalue weighted by molar-refractivity contribution is 7.18. The first-order valence-corrected chi connectivity index (χ1v) is 12.8. The van der Waals surface area contributed by atoms with E-state index in [2.05, 4.69) is 4.98 Å². The monoisotopic (exact) mass is 497 g/mol. The molecule has 0 atom stereocenters. The lowest BCUT2D eigenvalue weighted by molar-refractivity contribution is -0.132. The third kappa shape index (κ3) is 5.38. The second-order valence-corrected chi connectivity index (χ2v) is 9.85. The van der Waals surface area contributed by atoms with Crippen molar-refractivity contribution in [3.8, 4) is 16.2 Å². The summed E-state index contributed by atoms with van der Waals surface area (Å²) >= 11 is 3.02. The number of unbranched alkanes of at least 4 members (excludes halogenated alkanes) is 1. The van der Waals surface area contributed by atoms with Crippen LogP contribution in [0, 0.1) is 6.92 Å². The van der Waals surface area contributed by atoms with Crippen molar-refractivity contribution in [3.63, 3.8) is 0 Å². The fourth-order valence-electron chi connectivity index (χ4n) is 3.88. The zero-order valence-electron chi connectivity index (χ0n) is 19.2. The fourth-order valence-corrected chi connectivity index (χ4v) is 5.67. The maximum Gasteiger partial charge on any atom is 0.263 e. The van der Waals surface area contributed by atoms with Crippen LogP contribution in [0.1, 0.15) is 24.2 Å². The molecule has 178 valence electrons. The molecule has 4 rings (SSSR count). The molecule has 9 heteroatoms. The van der Waals surface area contributed by atoms with Gasteiger partial charge in [-0.05, 0) is 48.9 Å². The number of benzene rings is 1. The topological polar surface area (TPSA) is 84.7 Å². The average Bonchev–Trinajstić information content (AvgIpc) is 3.48. The quantitative estimate of drug-likeness (QED) is 0.322. The Morgan fingerprint density at radius 1 is 1.21 bits per heavy atom. The third-order valence-electron chi connectivity index (χ3n) is 5.63. The minimum absolute atomic E-state index is 0.0869. The molecule has 0 saturated carbocycles. The van der Waals surface area contributed by atoms with E-state index >= 15 is 0 Å². The molecule has 1 amide bonds. The van der Waals surface area contributed by atoms with Gasteiger partial charge in [0, 0.05) is 42.6 Å². The van der Waals surface area contributed by atoms with Crippen molar-refractivity contribution < 1.29 is 14.6 Å². The largest absolute Gasteiger partial charge is 0.508 e. The highest BCUT2D eigenvalue weighted by atomic mass is 32.1. The van der Waals surface area contributed by atoms with Crippen molar-refractivity contribution in [2.45, 2.75) is 32.9 Å². The predicted molar refractivity (Wildman–Crippen MR) is 137 cm³/mol. The van der Waals surface area contributed by atoms with Gasteiger partial charge < -0.3 is 14.7 Å². The van der Waals surface area contributed by atoms with Gasteiger partial charge in [-0.15, -0.1) is 22.7 Å². The van der Waals surface area contributed by atoms with Crippen molar-refractivity contribution in [1.29, 1.82) is 0 Å². The number of phenolic OH excluding ortho intramolecular Hbond substituents is 1. The first kappa shape index (κ1) is 24.1. The molecule has 1 N–H and O–H groups in total. The molecular weight excluding hydrogens is 470 g/mol. The van der Waals surface area contributed by atoms with E-state index in [-0.39, 0.29) is 23.8 Å². The summed E-state index contributed by atoms with van der Waals surface area (Å²) in [5.41, 5.74) is 1.50. The van der Waals surface area contributed by atoms with Gasteiger partial charge >= 0.3 is 0 Å². The van der Waals surface area contributed by atoms with E-state index in [4.69, 9.17) is 4.74 Å². The second kappa shape index (κ2) is 10.9. The van der Waals surface area contributed by atoms with Crippen LogP contribution in [-0.2, 0) is 22.6 Å². The molecule has 0 saturated heterocycles. The number of rotatable bonds is 10. The number of phenols is 1. The van der Waals surface area contributed by atoms with Crippen LogP contribution in [0.2, 0.25) is 0 Å². The van der Waals surface area contributed by atoms with Crippen molar-refractivity contribution in [1.82, 2.24) is 14.5 Å². The van der Waals surface area contributed by atoms with Gasteiger partial charge in [0.2, 0.25) is 5.91 Å². The number of aryl methyl sites for hydroxylation is 1. The molecule has 7 nitrogen and oxygen atoms in total. The van der Waals surface area contributed by atoms with E-state index in [1.165, 1.54) is 15.9 Å². The van der Waals surface area contributed by atoms with Crippen LogP contribution < -0.4 is 5.56 Å². The van der Waals surface area contributed by atoms with Crippen molar-refractivity contribution in [2.75, 3.05) is 20.3 Å². The SMILES string of the molecule is COCCCCN(Cc1cccc(O)c1)C(=O)Cn1c(C)nc2scc(-c3cccs3)c2c1=O. The lowest BCUT2D eigenvalue weighted by atomic mass is 10.2. The van der Waals surface area contributed by atoms with E-state index in [1.807, 2.05) is 29.0 Å². The minimum Gasteiger partial charge on any atom is -0.508 e. The highest BCUT2D eigenvalue weighted by Crippen LogP contribution is 2.33.